The van der Waals surface area contributed by atoms with Crippen LogP contribution in [-0.2, 0) is 10.2 Å². The fraction of sp³-hybridized carbons (Fsp3) is 0.240. The lowest BCUT2D eigenvalue weighted by Crippen LogP contribution is -2.47. The summed E-state index contributed by atoms with van der Waals surface area (Å²) in [6.45, 7) is 0.518. The maximum absolute atomic E-state index is 14.2. The van der Waals surface area contributed by atoms with Crippen LogP contribution in [0.15, 0.2) is 72.8 Å². The molecule has 0 aliphatic carbocycles. The lowest BCUT2D eigenvalue weighted by molar-refractivity contribution is -0.121. The van der Waals surface area contributed by atoms with Crippen molar-refractivity contribution in [3.05, 3.63) is 90.0 Å². The predicted molar refractivity (Wildman–Crippen MR) is 113 cm³/mol. The SMILES string of the molecule is O=C1CC(CCO)(c2ccccc2)CCN1c1cccc(-c2ccc(F)cc2F)c1. The average Bonchev–Trinajstić information content (AvgIpc) is 2.75. The molecule has 1 aliphatic rings. The maximum atomic E-state index is 14.2. The molecule has 1 heterocycles. The van der Waals surface area contributed by atoms with Gasteiger partial charge in [0.15, 0.2) is 0 Å². The second kappa shape index (κ2) is 8.36. The number of hydrogen-bond donors (Lipinski definition) is 1. The molecule has 1 fully saturated rings. The van der Waals surface area contributed by atoms with E-state index in [9.17, 15) is 18.7 Å². The van der Waals surface area contributed by atoms with Gasteiger partial charge in [-0.1, -0.05) is 42.5 Å². The van der Waals surface area contributed by atoms with Crippen LogP contribution in [0.5, 0.6) is 0 Å². The second-order valence-electron chi connectivity index (χ2n) is 7.77. The average molecular weight is 407 g/mol. The Balaban J connectivity index is 1.62. The molecular formula is C25H23F2NO2. The number of aliphatic hydroxyl groups excluding tert-OH is 1. The first-order chi connectivity index (χ1) is 14.5. The van der Waals surface area contributed by atoms with E-state index >= 15 is 0 Å². The largest absolute Gasteiger partial charge is 0.396 e. The Hall–Kier alpha value is -3.05. The minimum atomic E-state index is -0.636. The number of halogens is 2. The first-order valence-electron chi connectivity index (χ1n) is 10.0. The van der Waals surface area contributed by atoms with E-state index in [1.807, 2.05) is 36.4 Å². The molecule has 1 amide bonds. The standard InChI is InChI=1S/C25H23F2NO2/c26-20-9-10-22(23(27)16-20)18-5-4-8-21(15-18)28-13-11-25(12-14-29,17-24(28)30)19-6-2-1-3-7-19/h1-10,15-16,29H,11-14,17H2. The quantitative estimate of drug-likeness (QED) is 0.641. The molecule has 1 unspecified atom stereocenters. The summed E-state index contributed by atoms with van der Waals surface area (Å²) in [5.74, 6) is -1.29. The van der Waals surface area contributed by atoms with Crippen molar-refractivity contribution >= 4 is 11.6 Å². The van der Waals surface area contributed by atoms with Gasteiger partial charge >= 0.3 is 0 Å². The van der Waals surface area contributed by atoms with E-state index in [0.717, 1.165) is 18.1 Å². The number of rotatable bonds is 5. The van der Waals surface area contributed by atoms with Crippen molar-refractivity contribution in [3.63, 3.8) is 0 Å². The van der Waals surface area contributed by atoms with Gasteiger partial charge in [-0.15, -0.1) is 0 Å². The highest BCUT2D eigenvalue weighted by Crippen LogP contribution is 2.40. The zero-order chi connectivity index (χ0) is 21.1. The Morgan fingerprint density at radius 2 is 1.77 bits per heavy atom. The monoisotopic (exact) mass is 407 g/mol. The molecule has 30 heavy (non-hydrogen) atoms. The van der Waals surface area contributed by atoms with Crippen molar-refractivity contribution in [2.45, 2.75) is 24.7 Å². The summed E-state index contributed by atoms with van der Waals surface area (Å²) in [6, 6.07) is 20.4. The molecule has 3 nitrogen and oxygen atoms in total. The Morgan fingerprint density at radius 3 is 2.47 bits per heavy atom. The van der Waals surface area contributed by atoms with Gasteiger partial charge in [0.25, 0.3) is 0 Å². The molecule has 1 saturated heterocycles. The number of nitrogens with zero attached hydrogens (tertiary/aromatic N) is 1. The van der Waals surface area contributed by atoms with Crippen LogP contribution in [-0.4, -0.2) is 24.2 Å². The first kappa shape index (κ1) is 20.2. The van der Waals surface area contributed by atoms with Gasteiger partial charge < -0.3 is 10.0 Å². The van der Waals surface area contributed by atoms with Gasteiger partial charge in [-0.2, -0.15) is 0 Å². The fourth-order valence-electron chi connectivity index (χ4n) is 4.37. The minimum Gasteiger partial charge on any atom is -0.396 e. The minimum absolute atomic E-state index is 0.0154. The number of piperidine rings is 1. The number of benzene rings is 3. The van der Waals surface area contributed by atoms with Crippen molar-refractivity contribution in [3.8, 4) is 11.1 Å². The number of hydrogen-bond acceptors (Lipinski definition) is 2. The second-order valence-corrected chi connectivity index (χ2v) is 7.77. The van der Waals surface area contributed by atoms with E-state index in [-0.39, 0.29) is 17.9 Å². The van der Waals surface area contributed by atoms with E-state index in [4.69, 9.17) is 0 Å². The summed E-state index contributed by atoms with van der Waals surface area (Å²) >= 11 is 0. The van der Waals surface area contributed by atoms with Crippen LogP contribution >= 0.6 is 0 Å². The van der Waals surface area contributed by atoms with Gasteiger partial charge in [-0.05, 0) is 48.2 Å². The van der Waals surface area contributed by atoms with E-state index < -0.39 is 11.6 Å². The third-order valence-electron chi connectivity index (χ3n) is 5.98. The van der Waals surface area contributed by atoms with Crippen molar-refractivity contribution in [1.29, 1.82) is 0 Å². The summed E-state index contributed by atoms with van der Waals surface area (Å²) in [4.78, 5) is 14.9. The molecule has 0 bridgehead atoms. The summed E-state index contributed by atoms with van der Waals surface area (Å²) in [7, 11) is 0. The van der Waals surface area contributed by atoms with Gasteiger partial charge in [-0.3, -0.25) is 4.79 Å². The smallest absolute Gasteiger partial charge is 0.227 e. The fourth-order valence-corrected chi connectivity index (χ4v) is 4.37. The molecule has 0 radical (unpaired) electrons. The van der Waals surface area contributed by atoms with E-state index in [1.54, 1.807) is 23.1 Å². The number of aliphatic hydroxyl groups is 1. The summed E-state index contributed by atoms with van der Waals surface area (Å²) in [6.07, 6.45) is 1.54. The molecule has 3 aromatic rings. The lowest BCUT2D eigenvalue weighted by Gasteiger charge is -2.41. The Labute approximate surface area is 174 Å². The molecule has 5 heteroatoms. The van der Waals surface area contributed by atoms with Crippen molar-refractivity contribution in [2.24, 2.45) is 0 Å². The van der Waals surface area contributed by atoms with Gasteiger partial charge in [-0.25, -0.2) is 8.78 Å². The first-order valence-corrected chi connectivity index (χ1v) is 10.0. The Morgan fingerprint density at radius 1 is 0.967 bits per heavy atom. The highest BCUT2D eigenvalue weighted by Gasteiger charge is 2.40. The lowest BCUT2D eigenvalue weighted by atomic mass is 9.70. The van der Waals surface area contributed by atoms with Crippen LogP contribution in [0.25, 0.3) is 11.1 Å². The normalized spacial score (nSPS) is 19.2. The van der Waals surface area contributed by atoms with Gasteiger partial charge in [0.2, 0.25) is 5.91 Å². The highest BCUT2D eigenvalue weighted by atomic mass is 19.1. The van der Waals surface area contributed by atoms with Crippen LogP contribution in [0, 0.1) is 11.6 Å². The molecule has 154 valence electrons. The molecule has 0 spiro atoms. The molecule has 1 N–H and O–H groups in total. The molecule has 1 atom stereocenters. The predicted octanol–water partition coefficient (Wildman–Crippen LogP) is 5.08. The molecule has 1 aliphatic heterocycles. The topological polar surface area (TPSA) is 40.5 Å². The number of carbonyl (C=O) groups excluding carboxylic acids is 1. The van der Waals surface area contributed by atoms with Crippen molar-refractivity contribution in [2.75, 3.05) is 18.1 Å². The highest BCUT2D eigenvalue weighted by molar-refractivity contribution is 5.96. The third kappa shape index (κ3) is 3.85. The van der Waals surface area contributed by atoms with E-state index in [0.29, 0.717) is 36.2 Å². The summed E-state index contributed by atoms with van der Waals surface area (Å²) in [5, 5.41) is 9.64. The molecular weight excluding hydrogens is 384 g/mol. The summed E-state index contributed by atoms with van der Waals surface area (Å²) in [5.41, 5.74) is 2.25. The van der Waals surface area contributed by atoms with Crippen LogP contribution in [0.3, 0.4) is 0 Å². The number of carbonyl (C=O) groups is 1. The van der Waals surface area contributed by atoms with Crippen LogP contribution in [0.4, 0.5) is 14.5 Å². The molecule has 3 aromatic carbocycles. The van der Waals surface area contributed by atoms with Crippen molar-refractivity contribution in [1.82, 2.24) is 0 Å². The number of anilines is 1. The van der Waals surface area contributed by atoms with E-state index in [2.05, 4.69) is 0 Å². The third-order valence-corrected chi connectivity index (χ3v) is 5.98. The zero-order valence-electron chi connectivity index (χ0n) is 16.5. The zero-order valence-corrected chi connectivity index (χ0v) is 16.5. The maximum Gasteiger partial charge on any atom is 0.227 e. The van der Waals surface area contributed by atoms with Gasteiger partial charge in [0.1, 0.15) is 11.6 Å². The van der Waals surface area contributed by atoms with Crippen LogP contribution in [0.1, 0.15) is 24.8 Å². The van der Waals surface area contributed by atoms with Crippen LogP contribution < -0.4 is 4.90 Å². The van der Waals surface area contributed by atoms with Crippen molar-refractivity contribution < 1.29 is 18.7 Å². The molecule has 4 rings (SSSR count). The Kier molecular flexibility index (Phi) is 5.64. The van der Waals surface area contributed by atoms with E-state index in [1.165, 1.54) is 12.1 Å². The summed E-state index contributed by atoms with van der Waals surface area (Å²) < 4.78 is 27.5. The van der Waals surface area contributed by atoms with Gasteiger partial charge in [0.05, 0.1) is 0 Å². The van der Waals surface area contributed by atoms with Crippen LogP contribution in [0.2, 0.25) is 0 Å². The number of amides is 1. The van der Waals surface area contributed by atoms with Gasteiger partial charge in [0, 0.05) is 42.3 Å². The molecule has 0 aromatic heterocycles. The molecule has 0 saturated carbocycles. The Bertz CT molecular complexity index is 1050.